The van der Waals surface area contributed by atoms with Gasteiger partial charge in [-0.25, -0.2) is 9.78 Å². The number of aromatic hydroxyl groups is 1. The van der Waals surface area contributed by atoms with E-state index in [2.05, 4.69) is 20.0 Å². The number of aromatic amines is 1. The van der Waals surface area contributed by atoms with Gasteiger partial charge in [-0.2, -0.15) is 0 Å². The summed E-state index contributed by atoms with van der Waals surface area (Å²) in [6, 6.07) is 20.9. The molecule has 3 heterocycles. The Kier molecular flexibility index (Phi) is 10.0. The van der Waals surface area contributed by atoms with Crippen LogP contribution in [0.5, 0.6) is 23.0 Å². The fraction of sp³-hybridized carbons (Fsp3) is 0.268. The van der Waals surface area contributed by atoms with Gasteiger partial charge in [0.2, 0.25) is 5.95 Å². The summed E-state index contributed by atoms with van der Waals surface area (Å²) in [6.45, 7) is 7.52. The second-order valence-corrected chi connectivity index (χ2v) is 13.8. The number of aliphatic hydroxyl groups is 1. The maximum absolute atomic E-state index is 13.1. The van der Waals surface area contributed by atoms with Crippen LogP contribution in [-0.2, 0) is 17.6 Å². The maximum atomic E-state index is 13.1. The zero-order valence-corrected chi connectivity index (χ0v) is 30.3. The van der Waals surface area contributed by atoms with Gasteiger partial charge >= 0.3 is 6.09 Å². The largest absolute Gasteiger partial charge is 0.507 e. The number of ketones is 2. The van der Waals surface area contributed by atoms with Gasteiger partial charge in [0.15, 0.2) is 11.6 Å². The number of aromatic nitrogens is 2. The number of aliphatic hydroxyl groups excluding tert-OH is 1. The molecule has 7 rings (SSSR count). The molecule has 53 heavy (non-hydrogen) atoms. The van der Waals surface area contributed by atoms with E-state index in [0.29, 0.717) is 57.0 Å². The molecule has 2 aliphatic rings. The number of phenolic OH excluding ortho intramolecular Hbond substituents is 1. The van der Waals surface area contributed by atoms with Gasteiger partial charge < -0.3 is 34.1 Å². The van der Waals surface area contributed by atoms with E-state index < -0.39 is 23.4 Å². The SMILES string of the molecule is COC(=O)Nc1nc2ccc(C(=O)c3ccccc3)cc2[nH]1.COc1c(CC(=O)c2cc3c(cc2O)OC(C)(C)C(O)C3)ccc2c1C=CC(C)(C)O2. The third-order valence-corrected chi connectivity index (χ3v) is 9.07. The Balaban J connectivity index is 0.000000192. The quantitative estimate of drug-likeness (QED) is 0.128. The van der Waals surface area contributed by atoms with E-state index in [4.69, 9.17) is 14.2 Å². The van der Waals surface area contributed by atoms with Gasteiger partial charge in [0.1, 0.15) is 34.2 Å². The van der Waals surface area contributed by atoms with Crippen molar-refractivity contribution >= 4 is 40.7 Å². The van der Waals surface area contributed by atoms with Crippen LogP contribution in [0.2, 0.25) is 0 Å². The van der Waals surface area contributed by atoms with Crippen LogP contribution in [0, 0.1) is 0 Å². The van der Waals surface area contributed by atoms with Crippen molar-refractivity contribution in [3.8, 4) is 23.0 Å². The summed E-state index contributed by atoms with van der Waals surface area (Å²) in [5.41, 5.74) is 3.70. The van der Waals surface area contributed by atoms with Gasteiger partial charge in [-0.3, -0.25) is 14.9 Å². The third-order valence-electron chi connectivity index (χ3n) is 9.07. The Hall–Kier alpha value is -6.14. The number of ether oxygens (including phenoxy) is 4. The average Bonchev–Trinajstić information content (AvgIpc) is 3.53. The normalized spacial score (nSPS) is 16.1. The summed E-state index contributed by atoms with van der Waals surface area (Å²) >= 11 is 0. The zero-order valence-electron chi connectivity index (χ0n) is 30.3. The number of H-pyrrole nitrogens is 1. The molecule has 0 spiro atoms. The topological polar surface area (TPSA) is 169 Å². The Morgan fingerprint density at radius 3 is 2.42 bits per heavy atom. The Bertz CT molecular complexity index is 2240. The summed E-state index contributed by atoms with van der Waals surface area (Å²) in [6.07, 6.45) is 2.98. The number of Topliss-reactive ketones (excluding diaryl/α,β-unsaturated/α-hetero) is 1. The first-order valence-electron chi connectivity index (χ1n) is 17.0. The van der Waals surface area contributed by atoms with Crippen molar-refractivity contribution in [1.82, 2.24) is 9.97 Å². The minimum Gasteiger partial charge on any atom is -0.507 e. The Labute approximate surface area is 306 Å². The van der Waals surface area contributed by atoms with Gasteiger partial charge in [0, 0.05) is 35.6 Å². The lowest BCUT2D eigenvalue weighted by Crippen LogP contribution is -2.46. The molecule has 4 aromatic carbocycles. The van der Waals surface area contributed by atoms with Crippen molar-refractivity contribution in [1.29, 1.82) is 0 Å². The van der Waals surface area contributed by atoms with Crippen LogP contribution in [-0.4, -0.2) is 69.4 Å². The summed E-state index contributed by atoms with van der Waals surface area (Å²) in [5, 5.41) is 23.3. The molecule has 0 fully saturated rings. The molecule has 1 atom stereocenters. The summed E-state index contributed by atoms with van der Waals surface area (Å²) in [5.74, 6) is 1.57. The van der Waals surface area contributed by atoms with E-state index in [1.54, 1.807) is 57.4 Å². The van der Waals surface area contributed by atoms with E-state index in [0.717, 1.165) is 5.56 Å². The molecule has 1 amide bonds. The van der Waals surface area contributed by atoms with E-state index in [9.17, 15) is 24.6 Å². The van der Waals surface area contributed by atoms with Crippen LogP contribution in [0.25, 0.3) is 17.1 Å². The van der Waals surface area contributed by atoms with Gasteiger partial charge in [-0.05, 0) is 75.7 Å². The van der Waals surface area contributed by atoms with E-state index >= 15 is 0 Å². The Morgan fingerprint density at radius 1 is 0.943 bits per heavy atom. The number of methoxy groups -OCH3 is 2. The van der Waals surface area contributed by atoms with Gasteiger partial charge in [0.05, 0.1) is 42.5 Å². The number of fused-ring (bicyclic) bond motifs is 3. The minimum atomic E-state index is -0.758. The fourth-order valence-electron chi connectivity index (χ4n) is 6.13. The fourth-order valence-corrected chi connectivity index (χ4v) is 6.13. The predicted octanol–water partition coefficient (Wildman–Crippen LogP) is 7.06. The number of nitrogens with zero attached hydrogens (tertiary/aromatic N) is 1. The average molecular weight is 720 g/mol. The van der Waals surface area contributed by atoms with Crippen LogP contribution in [0.4, 0.5) is 10.7 Å². The molecular formula is C41H41N3O9. The Morgan fingerprint density at radius 2 is 1.70 bits per heavy atom. The molecule has 5 aromatic rings. The van der Waals surface area contributed by atoms with Gasteiger partial charge in [-0.15, -0.1) is 0 Å². The number of nitrogens with one attached hydrogen (secondary N) is 2. The van der Waals surface area contributed by atoms with Gasteiger partial charge in [-0.1, -0.05) is 36.4 Å². The van der Waals surface area contributed by atoms with Crippen LogP contribution in [0.3, 0.4) is 0 Å². The van der Waals surface area contributed by atoms with Gasteiger partial charge in [0.25, 0.3) is 0 Å². The molecule has 0 aliphatic carbocycles. The molecule has 2 aliphatic heterocycles. The highest BCUT2D eigenvalue weighted by Crippen LogP contribution is 2.41. The maximum Gasteiger partial charge on any atom is 0.413 e. The molecule has 0 bridgehead atoms. The number of phenols is 1. The molecule has 0 saturated heterocycles. The number of benzene rings is 4. The highest BCUT2D eigenvalue weighted by Gasteiger charge is 2.36. The second-order valence-electron chi connectivity index (χ2n) is 13.8. The van der Waals surface area contributed by atoms with Crippen molar-refractivity contribution < 1.29 is 43.5 Å². The van der Waals surface area contributed by atoms with Crippen molar-refractivity contribution in [2.75, 3.05) is 19.5 Å². The highest BCUT2D eigenvalue weighted by atomic mass is 16.5. The van der Waals surface area contributed by atoms with Crippen molar-refractivity contribution in [2.45, 2.75) is 57.8 Å². The molecule has 0 radical (unpaired) electrons. The first-order valence-corrected chi connectivity index (χ1v) is 17.0. The number of carbonyl (C=O) groups excluding carboxylic acids is 3. The molecule has 4 N–H and O–H groups in total. The lowest BCUT2D eigenvalue weighted by molar-refractivity contribution is -0.0412. The van der Waals surface area contributed by atoms with E-state index in [1.807, 2.05) is 56.3 Å². The lowest BCUT2D eigenvalue weighted by Gasteiger charge is -2.37. The number of carbonyl (C=O) groups is 3. The van der Waals surface area contributed by atoms with E-state index in [1.165, 1.54) is 13.2 Å². The highest BCUT2D eigenvalue weighted by molar-refractivity contribution is 6.10. The first kappa shape index (κ1) is 36.6. The molecule has 1 aromatic heterocycles. The molecular weight excluding hydrogens is 678 g/mol. The first-order chi connectivity index (χ1) is 25.2. The third kappa shape index (κ3) is 7.87. The smallest absolute Gasteiger partial charge is 0.413 e. The molecule has 0 saturated carbocycles. The standard InChI is InChI=1S/C25H28O6.C16H13N3O3/c1-24(2)9-8-16-20(30-24)7-6-14(23(16)29-5)11-18(26)17-10-15-12-22(28)25(3,4)31-21(15)13-19(17)27;1-22-16(21)19-15-17-12-8-7-11(9-13(12)18-15)14(20)10-5-3-2-4-6-10/h6-10,13,22,27-28H,11-12H2,1-5H3;2-9H,1H3,(H2,17,18,19,21). The predicted molar refractivity (Wildman–Crippen MR) is 199 cm³/mol. The van der Waals surface area contributed by atoms with E-state index in [-0.39, 0.29) is 35.2 Å². The number of imidazole rings is 1. The van der Waals surface area contributed by atoms with Crippen molar-refractivity contribution in [3.63, 3.8) is 0 Å². The zero-order chi connectivity index (χ0) is 38.1. The number of hydrogen-bond donors (Lipinski definition) is 4. The van der Waals surface area contributed by atoms with Crippen molar-refractivity contribution in [2.24, 2.45) is 0 Å². The summed E-state index contributed by atoms with van der Waals surface area (Å²) in [4.78, 5) is 43.8. The van der Waals surface area contributed by atoms with Crippen LogP contribution < -0.4 is 19.5 Å². The molecule has 12 heteroatoms. The monoisotopic (exact) mass is 719 g/mol. The number of amides is 1. The molecule has 274 valence electrons. The van der Waals surface area contributed by atoms with Crippen LogP contribution in [0.1, 0.15) is 70.7 Å². The van der Waals surface area contributed by atoms with Crippen LogP contribution >= 0.6 is 0 Å². The second kappa shape index (κ2) is 14.5. The number of anilines is 1. The minimum absolute atomic E-state index is 0.0505. The van der Waals surface area contributed by atoms with Crippen molar-refractivity contribution in [3.05, 3.63) is 112 Å². The van der Waals surface area contributed by atoms with Crippen LogP contribution in [0.15, 0.2) is 78.9 Å². The lowest BCUT2D eigenvalue weighted by atomic mass is 9.89. The molecule has 12 nitrogen and oxygen atoms in total. The summed E-state index contributed by atoms with van der Waals surface area (Å²) in [7, 11) is 2.84. The number of hydrogen-bond acceptors (Lipinski definition) is 10. The number of rotatable bonds is 7. The molecule has 1 unspecified atom stereocenters. The summed E-state index contributed by atoms with van der Waals surface area (Å²) < 4.78 is 21.9.